The molecule has 1 aliphatic heterocycles. The van der Waals surface area contributed by atoms with Gasteiger partial charge in [-0.1, -0.05) is 18.2 Å². The Hall–Kier alpha value is -3.74. The summed E-state index contributed by atoms with van der Waals surface area (Å²) in [4.78, 5) is 21.4. The maximum atomic E-state index is 12.8. The predicted molar refractivity (Wildman–Crippen MR) is 103 cm³/mol. The highest BCUT2D eigenvalue weighted by molar-refractivity contribution is 5.94. The number of amides is 1. The fourth-order valence-electron chi connectivity index (χ4n) is 3.37. The van der Waals surface area contributed by atoms with Gasteiger partial charge in [-0.25, -0.2) is 9.50 Å². The van der Waals surface area contributed by atoms with Gasteiger partial charge < -0.3 is 10.1 Å². The molecule has 0 saturated carbocycles. The van der Waals surface area contributed by atoms with Crippen LogP contribution in [0.4, 0.5) is 0 Å². The van der Waals surface area contributed by atoms with E-state index >= 15 is 0 Å². The molecule has 1 aliphatic rings. The highest BCUT2D eigenvalue weighted by Crippen LogP contribution is 2.31. The smallest absolute Gasteiger partial charge is 0.253 e. The Bertz CT molecular complexity index is 1160. The first-order chi connectivity index (χ1) is 13.8. The predicted octanol–water partition coefficient (Wildman–Crippen LogP) is 3.04. The van der Waals surface area contributed by atoms with E-state index < -0.39 is 0 Å². The Balaban J connectivity index is 1.41. The van der Waals surface area contributed by atoms with Crippen LogP contribution >= 0.6 is 0 Å². The second-order valence-electron chi connectivity index (χ2n) is 6.60. The number of rotatable bonds is 3. The maximum absolute atomic E-state index is 12.8. The number of fused-ring (bicyclic) bond motifs is 2. The van der Waals surface area contributed by atoms with Crippen LogP contribution in [-0.2, 0) is 0 Å². The Morgan fingerprint density at radius 1 is 1.14 bits per heavy atom. The summed E-state index contributed by atoms with van der Waals surface area (Å²) in [6.45, 7) is 0.582. The van der Waals surface area contributed by atoms with Gasteiger partial charge in [-0.2, -0.15) is 0 Å². The number of para-hydroxylation sites is 1. The lowest BCUT2D eigenvalue weighted by Crippen LogP contribution is -2.32. The van der Waals surface area contributed by atoms with E-state index in [-0.39, 0.29) is 11.9 Å². The van der Waals surface area contributed by atoms with Crippen molar-refractivity contribution < 1.29 is 9.53 Å². The highest BCUT2D eigenvalue weighted by atomic mass is 16.5. The van der Waals surface area contributed by atoms with Gasteiger partial charge in [0.15, 0.2) is 11.5 Å². The molecule has 1 atom stereocenters. The lowest BCUT2D eigenvalue weighted by atomic mass is 10.0. The average molecular weight is 371 g/mol. The molecule has 1 amide bonds. The summed E-state index contributed by atoms with van der Waals surface area (Å²) < 4.78 is 7.28. The fourth-order valence-corrected chi connectivity index (χ4v) is 3.37. The Kier molecular flexibility index (Phi) is 3.97. The molecule has 0 aliphatic carbocycles. The van der Waals surface area contributed by atoms with E-state index in [1.807, 2.05) is 36.4 Å². The molecule has 0 spiro atoms. The lowest BCUT2D eigenvalue weighted by Gasteiger charge is -2.26. The topological polar surface area (TPSA) is 81.4 Å². The van der Waals surface area contributed by atoms with Crippen LogP contribution in [0.2, 0.25) is 0 Å². The third kappa shape index (κ3) is 2.96. The molecular formula is C21H17N5O2. The molecule has 1 unspecified atom stereocenters. The van der Waals surface area contributed by atoms with E-state index in [0.29, 0.717) is 23.6 Å². The minimum absolute atomic E-state index is 0.0742. The van der Waals surface area contributed by atoms with Gasteiger partial charge in [0.2, 0.25) is 0 Å². The van der Waals surface area contributed by atoms with Crippen molar-refractivity contribution in [3.8, 4) is 17.1 Å². The van der Waals surface area contributed by atoms with E-state index in [1.54, 1.807) is 35.2 Å². The normalized spacial score (nSPS) is 15.6. The number of hydrogen-bond acceptors (Lipinski definition) is 5. The number of hydrogen-bond donors (Lipinski definition) is 1. The van der Waals surface area contributed by atoms with Crippen molar-refractivity contribution in [2.45, 2.75) is 12.5 Å². The zero-order valence-electron chi connectivity index (χ0n) is 14.9. The van der Waals surface area contributed by atoms with Gasteiger partial charge in [-0.3, -0.25) is 9.78 Å². The molecule has 1 N–H and O–H groups in total. The number of carbonyl (C=O) groups is 1. The van der Waals surface area contributed by atoms with Crippen LogP contribution in [0.15, 0.2) is 67.1 Å². The largest absolute Gasteiger partial charge is 0.493 e. The summed E-state index contributed by atoms with van der Waals surface area (Å²) in [5, 5.41) is 7.58. The first kappa shape index (κ1) is 16.4. The van der Waals surface area contributed by atoms with Crippen LogP contribution in [-0.4, -0.2) is 32.1 Å². The van der Waals surface area contributed by atoms with E-state index in [9.17, 15) is 4.79 Å². The maximum Gasteiger partial charge on any atom is 0.253 e. The zero-order valence-corrected chi connectivity index (χ0v) is 14.9. The first-order valence-electron chi connectivity index (χ1n) is 9.07. The van der Waals surface area contributed by atoms with Gasteiger partial charge in [0.1, 0.15) is 5.75 Å². The van der Waals surface area contributed by atoms with Crippen LogP contribution in [0.3, 0.4) is 0 Å². The molecule has 0 bridgehead atoms. The zero-order chi connectivity index (χ0) is 18.9. The van der Waals surface area contributed by atoms with Crippen LogP contribution in [0.5, 0.6) is 5.75 Å². The lowest BCUT2D eigenvalue weighted by molar-refractivity contribution is 0.0924. The van der Waals surface area contributed by atoms with E-state index in [2.05, 4.69) is 20.4 Å². The Morgan fingerprint density at radius 2 is 2.07 bits per heavy atom. The second kappa shape index (κ2) is 6.77. The minimum atomic E-state index is -0.151. The molecule has 0 saturated heterocycles. The van der Waals surface area contributed by atoms with Gasteiger partial charge in [0, 0.05) is 36.1 Å². The SMILES string of the molecule is O=C(NC1CCOc2ccccc21)c1ccc2nc(-c3cccnc3)nn2c1. The summed E-state index contributed by atoms with van der Waals surface area (Å²) in [7, 11) is 0. The number of ether oxygens (including phenoxy) is 1. The second-order valence-corrected chi connectivity index (χ2v) is 6.60. The summed E-state index contributed by atoms with van der Waals surface area (Å²) in [5.74, 6) is 1.25. The van der Waals surface area contributed by atoms with Crippen LogP contribution in [0.1, 0.15) is 28.4 Å². The van der Waals surface area contributed by atoms with Crippen LogP contribution in [0.25, 0.3) is 17.0 Å². The molecule has 4 aromatic rings. The molecule has 3 aromatic heterocycles. The van der Waals surface area contributed by atoms with Crippen molar-refractivity contribution in [1.29, 1.82) is 0 Å². The van der Waals surface area contributed by atoms with Crippen LogP contribution in [0, 0.1) is 0 Å². The van der Waals surface area contributed by atoms with Gasteiger partial charge in [0.05, 0.1) is 18.2 Å². The van der Waals surface area contributed by atoms with Gasteiger partial charge in [-0.05, 0) is 30.3 Å². The van der Waals surface area contributed by atoms with Crippen molar-refractivity contribution in [3.63, 3.8) is 0 Å². The number of nitrogens with zero attached hydrogens (tertiary/aromatic N) is 4. The molecule has 1 aromatic carbocycles. The molecule has 0 fully saturated rings. The standard InChI is InChI=1S/C21H17N5O2/c27-21(23-17-9-11-28-18-6-2-1-5-16(17)18)15-7-8-19-24-20(25-26(19)13-15)14-4-3-10-22-12-14/h1-8,10,12-13,17H,9,11H2,(H,23,27). The summed E-state index contributed by atoms with van der Waals surface area (Å²) in [5.41, 5.74) is 3.03. The molecule has 28 heavy (non-hydrogen) atoms. The fraction of sp³-hybridized carbons (Fsp3) is 0.143. The number of carbonyl (C=O) groups excluding carboxylic acids is 1. The summed E-state index contributed by atoms with van der Waals surface area (Å²) in [6.07, 6.45) is 5.85. The quantitative estimate of drug-likeness (QED) is 0.599. The molecule has 7 heteroatoms. The molecule has 7 nitrogen and oxygen atoms in total. The number of aromatic nitrogens is 4. The third-order valence-corrected chi connectivity index (χ3v) is 4.78. The first-order valence-corrected chi connectivity index (χ1v) is 9.07. The monoisotopic (exact) mass is 371 g/mol. The molecule has 5 rings (SSSR count). The van der Waals surface area contributed by atoms with Crippen molar-refractivity contribution in [3.05, 3.63) is 78.2 Å². The molecular weight excluding hydrogens is 354 g/mol. The van der Waals surface area contributed by atoms with Crippen molar-refractivity contribution >= 4 is 11.6 Å². The number of nitrogens with one attached hydrogen (secondary N) is 1. The van der Waals surface area contributed by atoms with Crippen molar-refractivity contribution in [1.82, 2.24) is 24.9 Å². The van der Waals surface area contributed by atoms with Gasteiger partial charge in [0.25, 0.3) is 5.91 Å². The highest BCUT2D eigenvalue weighted by Gasteiger charge is 2.23. The third-order valence-electron chi connectivity index (χ3n) is 4.78. The molecule has 4 heterocycles. The number of pyridine rings is 2. The van der Waals surface area contributed by atoms with Crippen molar-refractivity contribution in [2.24, 2.45) is 0 Å². The number of benzene rings is 1. The van der Waals surface area contributed by atoms with Gasteiger partial charge in [-0.15, -0.1) is 5.10 Å². The summed E-state index contributed by atoms with van der Waals surface area (Å²) in [6, 6.07) is 15.0. The van der Waals surface area contributed by atoms with E-state index in [4.69, 9.17) is 4.74 Å². The van der Waals surface area contributed by atoms with Crippen LogP contribution < -0.4 is 10.1 Å². The Morgan fingerprint density at radius 3 is 2.96 bits per heavy atom. The van der Waals surface area contributed by atoms with E-state index in [0.717, 1.165) is 23.3 Å². The minimum Gasteiger partial charge on any atom is -0.493 e. The van der Waals surface area contributed by atoms with E-state index in [1.165, 1.54) is 0 Å². The average Bonchev–Trinajstić information content (AvgIpc) is 3.18. The molecule has 0 radical (unpaired) electrons. The molecule has 138 valence electrons. The van der Waals surface area contributed by atoms with Gasteiger partial charge >= 0.3 is 0 Å². The summed E-state index contributed by atoms with van der Waals surface area (Å²) >= 11 is 0. The van der Waals surface area contributed by atoms with Crippen molar-refractivity contribution in [2.75, 3.05) is 6.61 Å². The Labute approximate surface area is 161 Å².